The van der Waals surface area contributed by atoms with Crippen LogP contribution in [0, 0.1) is 0 Å². The summed E-state index contributed by atoms with van der Waals surface area (Å²) in [7, 11) is 3.33. The van der Waals surface area contributed by atoms with Gasteiger partial charge in [-0.05, 0) is 42.7 Å². The molecule has 3 aromatic rings. The number of methoxy groups -OCH3 is 2. The van der Waals surface area contributed by atoms with E-state index in [0.717, 1.165) is 60.4 Å². The van der Waals surface area contributed by atoms with Crippen molar-refractivity contribution in [1.29, 1.82) is 0 Å². The van der Waals surface area contributed by atoms with E-state index in [2.05, 4.69) is 20.5 Å². The van der Waals surface area contributed by atoms with Gasteiger partial charge in [-0.25, -0.2) is 0 Å². The lowest BCUT2D eigenvalue weighted by atomic mass is 9.91. The lowest BCUT2D eigenvalue weighted by molar-refractivity contribution is -0.0349. The maximum atomic E-state index is 11.1. The molecular formula is C22H27N3O3. The highest BCUT2D eigenvalue weighted by atomic mass is 16.5. The molecule has 1 aromatic carbocycles. The van der Waals surface area contributed by atoms with Crippen LogP contribution in [0.3, 0.4) is 0 Å². The van der Waals surface area contributed by atoms with Crippen LogP contribution in [0.2, 0.25) is 0 Å². The zero-order valence-corrected chi connectivity index (χ0v) is 16.5. The van der Waals surface area contributed by atoms with Crippen LogP contribution in [0.25, 0.3) is 10.9 Å². The molecule has 1 saturated heterocycles. The van der Waals surface area contributed by atoms with E-state index in [4.69, 9.17) is 9.47 Å². The second-order valence-corrected chi connectivity index (χ2v) is 7.60. The Morgan fingerprint density at radius 3 is 2.46 bits per heavy atom. The molecule has 1 aliphatic rings. The van der Waals surface area contributed by atoms with E-state index in [9.17, 15) is 5.11 Å². The van der Waals surface area contributed by atoms with E-state index >= 15 is 0 Å². The second kappa shape index (κ2) is 7.81. The molecule has 0 aliphatic carbocycles. The Bertz CT molecular complexity index is 923. The van der Waals surface area contributed by atoms with Crippen LogP contribution >= 0.6 is 0 Å². The van der Waals surface area contributed by atoms with Crippen molar-refractivity contribution >= 4 is 10.9 Å². The van der Waals surface area contributed by atoms with Gasteiger partial charge in [-0.2, -0.15) is 0 Å². The Morgan fingerprint density at radius 1 is 1.07 bits per heavy atom. The molecule has 6 heteroatoms. The SMILES string of the molecule is COc1cc(CN2CCC(O)(Cn3ccc4ccncc43)CC2)cc(OC)c1. The molecule has 2 aromatic heterocycles. The average molecular weight is 381 g/mol. The fourth-order valence-electron chi connectivity index (χ4n) is 3.98. The molecule has 0 atom stereocenters. The highest BCUT2D eigenvalue weighted by Gasteiger charge is 2.33. The van der Waals surface area contributed by atoms with Crippen molar-refractivity contribution in [3.63, 3.8) is 0 Å². The zero-order valence-electron chi connectivity index (χ0n) is 16.5. The van der Waals surface area contributed by atoms with Gasteiger partial charge in [0.2, 0.25) is 0 Å². The molecule has 0 amide bonds. The quantitative estimate of drug-likeness (QED) is 0.711. The molecule has 6 nitrogen and oxygen atoms in total. The van der Waals surface area contributed by atoms with E-state index in [1.165, 1.54) is 0 Å². The Hall–Kier alpha value is -2.57. The molecule has 0 radical (unpaired) electrons. The first-order chi connectivity index (χ1) is 13.6. The maximum absolute atomic E-state index is 11.1. The van der Waals surface area contributed by atoms with Crippen molar-refractivity contribution in [2.24, 2.45) is 0 Å². The molecule has 1 fully saturated rings. The molecule has 1 N–H and O–H groups in total. The van der Waals surface area contributed by atoms with E-state index in [-0.39, 0.29) is 0 Å². The van der Waals surface area contributed by atoms with Crippen LogP contribution < -0.4 is 9.47 Å². The molecule has 148 valence electrons. The third-order valence-corrected chi connectivity index (χ3v) is 5.65. The summed E-state index contributed by atoms with van der Waals surface area (Å²) in [6.07, 6.45) is 7.19. The lowest BCUT2D eigenvalue weighted by Crippen LogP contribution is -2.46. The number of hydrogen-bond acceptors (Lipinski definition) is 5. The summed E-state index contributed by atoms with van der Waals surface area (Å²) in [5.74, 6) is 1.60. The number of aromatic nitrogens is 2. The minimum atomic E-state index is -0.690. The highest BCUT2D eigenvalue weighted by Crippen LogP contribution is 2.29. The van der Waals surface area contributed by atoms with E-state index in [0.29, 0.717) is 6.54 Å². The van der Waals surface area contributed by atoms with Gasteiger partial charge >= 0.3 is 0 Å². The summed E-state index contributed by atoms with van der Waals surface area (Å²) in [6.45, 7) is 3.13. The Labute approximate surface area is 165 Å². The summed E-state index contributed by atoms with van der Waals surface area (Å²) in [6, 6.07) is 10.0. The minimum absolute atomic E-state index is 0.600. The number of hydrogen-bond donors (Lipinski definition) is 1. The number of likely N-dealkylation sites (tertiary alicyclic amines) is 1. The van der Waals surface area contributed by atoms with E-state index < -0.39 is 5.60 Å². The van der Waals surface area contributed by atoms with Crippen LogP contribution in [-0.4, -0.2) is 52.5 Å². The summed E-state index contributed by atoms with van der Waals surface area (Å²) < 4.78 is 12.9. The molecule has 28 heavy (non-hydrogen) atoms. The monoisotopic (exact) mass is 381 g/mol. The summed E-state index contributed by atoms with van der Waals surface area (Å²) in [5, 5.41) is 12.3. The lowest BCUT2D eigenvalue weighted by Gasteiger charge is -2.38. The Kier molecular flexibility index (Phi) is 5.24. The number of rotatable bonds is 6. The maximum Gasteiger partial charge on any atom is 0.122 e. The van der Waals surface area contributed by atoms with Crippen LogP contribution in [0.15, 0.2) is 48.9 Å². The number of benzene rings is 1. The first kappa shape index (κ1) is 18.8. The van der Waals surface area contributed by atoms with Gasteiger partial charge in [0.15, 0.2) is 0 Å². The fraction of sp³-hybridized carbons (Fsp3) is 0.409. The third kappa shape index (κ3) is 3.98. The average Bonchev–Trinajstić information content (AvgIpc) is 3.12. The first-order valence-electron chi connectivity index (χ1n) is 9.64. The second-order valence-electron chi connectivity index (χ2n) is 7.60. The van der Waals surface area contributed by atoms with Crippen molar-refractivity contribution < 1.29 is 14.6 Å². The molecule has 0 bridgehead atoms. The first-order valence-corrected chi connectivity index (χ1v) is 9.64. The van der Waals surface area contributed by atoms with Crippen molar-refractivity contribution in [2.45, 2.75) is 31.5 Å². The topological polar surface area (TPSA) is 59.8 Å². The molecule has 1 aliphatic heterocycles. The van der Waals surface area contributed by atoms with Gasteiger partial charge in [0, 0.05) is 43.5 Å². The summed E-state index contributed by atoms with van der Waals surface area (Å²) in [5.41, 5.74) is 1.54. The summed E-state index contributed by atoms with van der Waals surface area (Å²) in [4.78, 5) is 6.59. The van der Waals surface area contributed by atoms with Crippen molar-refractivity contribution in [2.75, 3.05) is 27.3 Å². The van der Waals surface area contributed by atoms with Gasteiger partial charge in [0.25, 0.3) is 0 Å². The molecule has 0 spiro atoms. The molecule has 4 rings (SSSR count). The highest BCUT2D eigenvalue weighted by molar-refractivity contribution is 5.78. The van der Waals surface area contributed by atoms with Crippen molar-refractivity contribution in [1.82, 2.24) is 14.5 Å². The van der Waals surface area contributed by atoms with Gasteiger partial charge in [0.1, 0.15) is 11.5 Å². The van der Waals surface area contributed by atoms with Crippen LogP contribution in [0.1, 0.15) is 18.4 Å². The van der Waals surface area contributed by atoms with E-state index in [1.807, 2.05) is 36.7 Å². The number of fused-ring (bicyclic) bond motifs is 1. The number of pyridine rings is 1. The number of ether oxygens (including phenoxy) is 2. The Morgan fingerprint density at radius 2 is 1.79 bits per heavy atom. The number of nitrogens with zero attached hydrogens (tertiary/aromatic N) is 3. The molecular weight excluding hydrogens is 354 g/mol. The molecule has 3 heterocycles. The van der Waals surface area contributed by atoms with Gasteiger partial charge < -0.3 is 19.1 Å². The van der Waals surface area contributed by atoms with Crippen LogP contribution in [-0.2, 0) is 13.1 Å². The van der Waals surface area contributed by atoms with Gasteiger partial charge in [-0.1, -0.05) is 0 Å². The zero-order chi connectivity index (χ0) is 19.6. The largest absolute Gasteiger partial charge is 0.497 e. The normalized spacial score (nSPS) is 17.0. The summed E-state index contributed by atoms with van der Waals surface area (Å²) >= 11 is 0. The third-order valence-electron chi connectivity index (χ3n) is 5.65. The predicted octanol–water partition coefficient (Wildman–Crippen LogP) is 3.08. The number of piperidine rings is 1. The number of aliphatic hydroxyl groups is 1. The van der Waals surface area contributed by atoms with Crippen molar-refractivity contribution in [3.05, 3.63) is 54.5 Å². The van der Waals surface area contributed by atoms with E-state index in [1.54, 1.807) is 20.4 Å². The van der Waals surface area contributed by atoms with Gasteiger partial charge in [0.05, 0.1) is 38.1 Å². The fourth-order valence-corrected chi connectivity index (χ4v) is 3.98. The van der Waals surface area contributed by atoms with Gasteiger partial charge in [-0.3, -0.25) is 9.88 Å². The smallest absolute Gasteiger partial charge is 0.122 e. The minimum Gasteiger partial charge on any atom is -0.497 e. The Balaban J connectivity index is 1.40. The van der Waals surface area contributed by atoms with Crippen LogP contribution in [0.4, 0.5) is 0 Å². The molecule has 0 unspecified atom stereocenters. The van der Waals surface area contributed by atoms with Crippen LogP contribution in [0.5, 0.6) is 11.5 Å². The van der Waals surface area contributed by atoms with Crippen molar-refractivity contribution in [3.8, 4) is 11.5 Å². The predicted molar refractivity (Wildman–Crippen MR) is 109 cm³/mol. The standard InChI is InChI=1S/C22H27N3O3/c1-27-19-11-17(12-20(13-19)28-2)15-24-9-5-22(26,6-10-24)16-25-8-4-18-3-7-23-14-21(18)25/h3-4,7-8,11-14,26H,5-6,9-10,15-16H2,1-2H3. The molecule has 0 saturated carbocycles. The van der Waals surface area contributed by atoms with Gasteiger partial charge in [-0.15, -0.1) is 0 Å².